The molecule has 0 saturated heterocycles. The van der Waals surface area contributed by atoms with Gasteiger partial charge in [0, 0.05) is 7.05 Å². The van der Waals surface area contributed by atoms with Crippen LogP contribution in [0.25, 0.3) is 0 Å². The van der Waals surface area contributed by atoms with Crippen molar-refractivity contribution in [3.63, 3.8) is 0 Å². The lowest BCUT2D eigenvalue weighted by Crippen LogP contribution is -2.36. The summed E-state index contributed by atoms with van der Waals surface area (Å²) in [5.41, 5.74) is 0. The molecule has 0 aromatic rings. The molecule has 0 rings (SSSR count). The van der Waals surface area contributed by atoms with Crippen LogP contribution in [-0.2, 0) is 4.79 Å². The van der Waals surface area contributed by atoms with Crippen LogP contribution in [0.1, 0.15) is 13.3 Å². The van der Waals surface area contributed by atoms with E-state index in [4.69, 9.17) is 0 Å². The monoisotopic (exact) mass is 187 g/mol. The standard InChI is InChI=1S/C9H21N3O/c1-4-12(7-5-6-10-2)8-9(13)11-3/h10H,4-8H2,1-3H3,(H,11,13). The van der Waals surface area contributed by atoms with Gasteiger partial charge in [-0.25, -0.2) is 0 Å². The summed E-state index contributed by atoms with van der Waals surface area (Å²) in [6.45, 7) is 5.49. The molecule has 13 heavy (non-hydrogen) atoms. The summed E-state index contributed by atoms with van der Waals surface area (Å²) >= 11 is 0. The van der Waals surface area contributed by atoms with Crippen LogP contribution >= 0.6 is 0 Å². The number of nitrogens with one attached hydrogen (secondary N) is 2. The van der Waals surface area contributed by atoms with Crippen LogP contribution in [-0.4, -0.2) is 51.1 Å². The van der Waals surface area contributed by atoms with Gasteiger partial charge < -0.3 is 10.6 Å². The Morgan fingerprint density at radius 1 is 1.38 bits per heavy atom. The molecule has 0 aromatic heterocycles. The van der Waals surface area contributed by atoms with Crippen LogP contribution in [0, 0.1) is 0 Å². The first kappa shape index (κ1) is 12.4. The number of rotatable bonds is 7. The minimum atomic E-state index is 0.0892. The molecule has 0 aliphatic rings. The highest BCUT2D eigenvalue weighted by atomic mass is 16.1. The molecule has 2 N–H and O–H groups in total. The number of hydrogen-bond acceptors (Lipinski definition) is 3. The van der Waals surface area contributed by atoms with Gasteiger partial charge in [0.2, 0.25) is 5.91 Å². The van der Waals surface area contributed by atoms with Crippen molar-refractivity contribution in [2.45, 2.75) is 13.3 Å². The van der Waals surface area contributed by atoms with Gasteiger partial charge in [-0.15, -0.1) is 0 Å². The zero-order valence-electron chi connectivity index (χ0n) is 8.89. The first-order chi connectivity index (χ1) is 6.24. The number of hydrogen-bond donors (Lipinski definition) is 2. The van der Waals surface area contributed by atoms with Gasteiger partial charge in [-0.05, 0) is 33.1 Å². The van der Waals surface area contributed by atoms with Gasteiger partial charge in [-0.2, -0.15) is 0 Å². The Bertz CT molecular complexity index is 139. The maximum atomic E-state index is 11.0. The van der Waals surface area contributed by atoms with Gasteiger partial charge in [-0.3, -0.25) is 9.69 Å². The minimum Gasteiger partial charge on any atom is -0.358 e. The van der Waals surface area contributed by atoms with Gasteiger partial charge in [-0.1, -0.05) is 6.92 Å². The maximum Gasteiger partial charge on any atom is 0.233 e. The predicted molar refractivity (Wildman–Crippen MR) is 54.7 cm³/mol. The molecule has 0 heterocycles. The highest BCUT2D eigenvalue weighted by molar-refractivity contribution is 5.77. The van der Waals surface area contributed by atoms with Crippen molar-refractivity contribution in [3.8, 4) is 0 Å². The molecule has 4 nitrogen and oxygen atoms in total. The van der Waals surface area contributed by atoms with E-state index in [2.05, 4.69) is 22.5 Å². The first-order valence-electron chi connectivity index (χ1n) is 4.82. The van der Waals surface area contributed by atoms with E-state index in [9.17, 15) is 4.79 Å². The molecule has 1 amide bonds. The molecule has 0 aliphatic carbocycles. The second kappa shape index (κ2) is 8.01. The molecule has 0 spiro atoms. The number of likely N-dealkylation sites (N-methyl/N-ethyl adjacent to an activating group) is 2. The Morgan fingerprint density at radius 2 is 2.08 bits per heavy atom. The van der Waals surface area contributed by atoms with E-state index < -0.39 is 0 Å². The average molecular weight is 187 g/mol. The van der Waals surface area contributed by atoms with Crippen LogP contribution in [0.15, 0.2) is 0 Å². The lowest BCUT2D eigenvalue weighted by atomic mass is 10.3. The zero-order valence-corrected chi connectivity index (χ0v) is 8.89. The summed E-state index contributed by atoms with van der Waals surface area (Å²) < 4.78 is 0. The second-order valence-corrected chi connectivity index (χ2v) is 3.00. The summed E-state index contributed by atoms with van der Waals surface area (Å²) in [5.74, 6) is 0.0892. The molecule has 0 unspecified atom stereocenters. The Balaban J connectivity index is 3.56. The molecular formula is C9H21N3O. The van der Waals surface area contributed by atoms with E-state index in [0.717, 1.165) is 26.1 Å². The van der Waals surface area contributed by atoms with Crippen LogP contribution in [0.5, 0.6) is 0 Å². The molecule has 4 heteroatoms. The Labute approximate surface area is 80.7 Å². The van der Waals surface area contributed by atoms with Crippen LogP contribution in [0.4, 0.5) is 0 Å². The predicted octanol–water partition coefficient (Wildman–Crippen LogP) is -0.336. The average Bonchev–Trinajstić information content (AvgIpc) is 2.16. The third kappa shape index (κ3) is 6.54. The van der Waals surface area contributed by atoms with Crippen molar-refractivity contribution >= 4 is 5.91 Å². The van der Waals surface area contributed by atoms with Gasteiger partial charge in [0.15, 0.2) is 0 Å². The minimum absolute atomic E-state index is 0.0892. The summed E-state index contributed by atoms with van der Waals surface area (Å²) in [6, 6.07) is 0. The van der Waals surface area contributed by atoms with Crippen molar-refractivity contribution in [2.75, 3.05) is 40.3 Å². The fourth-order valence-electron chi connectivity index (χ4n) is 1.11. The maximum absolute atomic E-state index is 11.0. The topological polar surface area (TPSA) is 44.4 Å². The number of amides is 1. The second-order valence-electron chi connectivity index (χ2n) is 3.00. The van der Waals surface area contributed by atoms with E-state index >= 15 is 0 Å². The molecule has 0 saturated carbocycles. The summed E-state index contributed by atoms with van der Waals surface area (Å²) in [6.07, 6.45) is 1.08. The van der Waals surface area contributed by atoms with E-state index in [-0.39, 0.29) is 5.91 Å². The van der Waals surface area contributed by atoms with Gasteiger partial charge in [0.05, 0.1) is 6.54 Å². The quantitative estimate of drug-likeness (QED) is 0.536. The van der Waals surface area contributed by atoms with Crippen molar-refractivity contribution in [2.24, 2.45) is 0 Å². The Hall–Kier alpha value is -0.610. The summed E-state index contributed by atoms with van der Waals surface area (Å²) in [5, 5.41) is 5.71. The first-order valence-corrected chi connectivity index (χ1v) is 4.82. The molecule has 0 radical (unpaired) electrons. The van der Waals surface area contributed by atoms with Crippen LogP contribution in [0.3, 0.4) is 0 Å². The highest BCUT2D eigenvalue weighted by Gasteiger charge is 2.05. The van der Waals surface area contributed by atoms with Crippen LogP contribution < -0.4 is 10.6 Å². The fourth-order valence-corrected chi connectivity index (χ4v) is 1.11. The molecule has 0 aromatic carbocycles. The highest BCUT2D eigenvalue weighted by Crippen LogP contribution is 1.89. The van der Waals surface area contributed by atoms with Gasteiger partial charge in [0.25, 0.3) is 0 Å². The summed E-state index contributed by atoms with van der Waals surface area (Å²) in [7, 11) is 3.61. The van der Waals surface area contributed by atoms with E-state index in [0.29, 0.717) is 6.54 Å². The van der Waals surface area contributed by atoms with Crippen molar-refractivity contribution in [3.05, 3.63) is 0 Å². The van der Waals surface area contributed by atoms with E-state index in [1.165, 1.54) is 0 Å². The van der Waals surface area contributed by atoms with E-state index in [1.807, 2.05) is 7.05 Å². The SMILES string of the molecule is CCN(CCCNC)CC(=O)NC. The van der Waals surface area contributed by atoms with Crippen molar-refractivity contribution in [1.29, 1.82) is 0 Å². The largest absolute Gasteiger partial charge is 0.358 e. The number of nitrogens with zero attached hydrogens (tertiary/aromatic N) is 1. The molecular weight excluding hydrogens is 166 g/mol. The van der Waals surface area contributed by atoms with Gasteiger partial charge in [0.1, 0.15) is 0 Å². The molecule has 0 fully saturated rings. The van der Waals surface area contributed by atoms with Crippen molar-refractivity contribution in [1.82, 2.24) is 15.5 Å². The lowest BCUT2D eigenvalue weighted by molar-refractivity contribution is -0.121. The Morgan fingerprint density at radius 3 is 2.54 bits per heavy atom. The lowest BCUT2D eigenvalue weighted by Gasteiger charge is -2.18. The molecule has 0 bridgehead atoms. The summed E-state index contributed by atoms with van der Waals surface area (Å²) in [4.78, 5) is 13.2. The molecule has 78 valence electrons. The molecule has 0 aliphatic heterocycles. The molecule has 0 atom stereocenters. The van der Waals surface area contributed by atoms with Gasteiger partial charge >= 0.3 is 0 Å². The third-order valence-electron chi connectivity index (χ3n) is 1.99. The van der Waals surface area contributed by atoms with E-state index in [1.54, 1.807) is 7.05 Å². The Kier molecular flexibility index (Phi) is 7.63. The third-order valence-corrected chi connectivity index (χ3v) is 1.99. The van der Waals surface area contributed by atoms with Crippen LogP contribution in [0.2, 0.25) is 0 Å². The smallest absolute Gasteiger partial charge is 0.233 e. The normalized spacial score (nSPS) is 10.5. The zero-order chi connectivity index (χ0) is 10.1. The van der Waals surface area contributed by atoms with Crippen molar-refractivity contribution < 1.29 is 4.79 Å². The number of carbonyl (C=O) groups is 1. The number of carbonyl (C=O) groups excluding carboxylic acids is 1. The fraction of sp³-hybridized carbons (Fsp3) is 0.889.